The maximum Gasteiger partial charge on any atom is 0.243 e. The Labute approximate surface area is 109 Å². The summed E-state index contributed by atoms with van der Waals surface area (Å²) in [6, 6.07) is 0.979. The third-order valence-corrected chi connectivity index (χ3v) is 5.02. The molecule has 0 amide bonds. The number of nitrogens with two attached hydrogens (primary N) is 1. The fraction of sp³-hybridized carbons (Fsp3) is 0.455. The number of nitrogens with zero attached hydrogens (tertiary/aromatic N) is 1. The summed E-state index contributed by atoms with van der Waals surface area (Å²) >= 11 is 0. The SMILES string of the molecule is NCC1CCN(S(=O)(=O)c2cc(F)c(F)c(F)c2)C1. The van der Waals surface area contributed by atoms with Crippen molar-refractivity contribution in [1.82, 2.24) is 4.31 Å². The zero-order chi connectivity index (χ0) is 14.2. The van der Waals surface area contributed by atoms with Crippen molar-refractivity contribution in [2.24, 2.45) is 11.7 Å². The predicted octanol–water partition coefficient (Wildman–Crippen LogP) is 1.07. The van der Waals surface area contributed by atoms with Gasteiger partial charge in [-0.2, -0.15) is 4.31 Å². The summed E-state index contributed by atoms with van der Waals surface area (Å²) in [5.41, 5.74) is 5.46. The Morgan fingerprint density at radius 2 is 1.84 bits per heavy atom. The Bertz CT molecular complexity index is 569. The van der Waals surface area contributed by atoms with Gasteiger partial charge in [0.2, 0.25) is 10.0 Å². The average Bonchev–Trinajstić information content (AvgIpc) is 2.84. The minimum absolute atomic E-state index is 0.0323. The molecular weight excluding hydrogens is 281 g/mol. The van der Waals surface area contributed by atoms with Crippen molar-refractivity contribution in [3.8, 4) is 0 Å². The highest BCUT2D eigenvalue weighted by molar-refractivity contribution is 7.89. The first kappa shape index (κ1) is 14.3. The highest BCUT2D eigenvalue weighted by Crippen LogP contribution is 2.25. The molecule has 0 aromatic heterocycles. The van der Waals surface area contributed by atoms with Crippen LogP contribution in [0.3, 0.4) is 0 Å². The van der Waals surface area contributed by atoms with E-state index in [1.807, 2.05) is 0 Å². The first-order chi connectivity index (χ1) is 8.86. The van der Waals surface area contributed by atoms with Crippen molar-refractivity contribution < 1.29 is 21.6 Å². The van der Waals surface area contributed by atoms with E-state index in [9.17, 15) is 21.6 Å². The minimum Gasteiger partial charge on any atom is -0.330 e. The van der Waals surface area contributed by atoms with E-state index < -0.39 is 32.4 Å². The van der Waals surface area contributed by atoms with E-state index in [-0.39, 0.29) is 19.0 Å². The minimum atomic E-state index is -4.01. The molecule has 0 radical (unpaired) electrons. The van der Waals surface area contributed by atoms with Gasteiger partial charge in [-0.15, -0.1) is 0 Å². The van der Waals surface area contributed by atoms with Crippen LogP contribution in [0.15, 0.2) is 17.0 Å². The molecule has 1 aliphatic heterocycles. The molecular formula is C11H13F3N2O2S. The van der Waals surface area contributed by atoms with E-state index >= 15 is 0 Å². The second-order valence-corrected chi connectivity index (χ2v) is 6.39. The van der Waals surface area contributed by atoms with Crippen LogP contribution in [0.2, 0.25) is 0 Å². The van der Waals surface area contributed by atoms with Crippen molar-refractivity contribution >= 4 is 10.0 Å². The highest BCUT2D eigenvalue weighted by Gasteiger charge is 2.33. The lowest BCUT2D eigenvalue weighted by Crippen LogP contribution is -2.30. The second kappa shape index (κ2) is 5.10. The zero-order valence-electron chi connectivity index (χ0n) is 9.94. The molecule has 0 aliphatic carbocycles. The van der Waals surface area contributed by atoms with Gasteiger partial charge in [0.05, 0.1) is 4.90 Å². The second-order valence-electron chi connectivity index (χ2n) is 4.45. The van der Waals surface area contributed by atoms with Gasteiger partial charge in [-0.1, -0.05) is 0 Å². The summed E-state index contributed by atoms with van der Waals surface area (Å²) in [7, 11) is -4.01. The molecule has 19 heavy (non-hydrogen) atoms. The fourth-order valence-electron chi connectivity index (χ4n) is 2.04. The molecule has 0 spiro atoms. The van der Waals surface area contributed by atoms with E-state index in [1.54, 1.807) is 0 Å². The Kier molecular flexibility index (Phi) is 3.84. The molecule has 1 aromatic rings. The van der Waals surface area contributed by atoms with Crippen LogP contribution >= 0.6 is 0 Å². The molecule has 4 nitrogen and oxygen atoms in total. The Balaban J connectivity index is 2.35. The van der Waals surface area contributed by atoms with Gasteiger partial charge in [0, 0.05) is 13.1 Å². The van der Waals surface area contributed by atoms with Crippen LogP contribution in [0.5, 0.6) is 0 Å². The Morgan fingerprint density at radius 3 is 2.32 bits per heavy atom. The van der Waals surface area contributed by atoms with E-state index in [4.69, 9.17) is 5.73 Å². The maximum absolute atomic E-state index is 13.1. The van der Waals surface area contributed by atoms with E-state index in [2.05, 4.69) is 0 Å². The number of rotatable bonds is 3. The lowest BCUT2D eigenvalue weighted by atomic mass is 10.1. The number of hydrogen-bond acceptors (Lipinski definition) is 3. The van der Waals surface area contributed by atoms with Crippen molar-refractivity contribution in [3.05, 3.63) is 29.6 Å². The summed E-state index contributed by atoms with van der Waals surface area (Å²) in [5.74, 6) is -4.69. The molecule has 1 heterocycles. The van der Waals surface area contributed by atoms with Gasteiger partial charge in [-0.05, 0) is 31.0 Å². The van der Waals surface area contributed by atoms with Gasteiger partial charge >= 0.3 is 0 Å². The summed E-state index contributed by atoms with van der Waals surface area (Å²) in [5, 5.41) is 0. The number of benzene rings is 1. The van der Waals surface area contributed by atoms with Gasteiger partial charge in [0.25, 0.3) is 0 Å². The van der Waals surface area contributed by atoms with Crippen LogP contribution in [0.4, 0.5) is 13.2 Å². The van der Waals surface area contributed by atoms with E-state index in [1.165, 1.54) is 0 Å². The number of halogens is 3. The summed E-state index contributed by atoms with van der Waals surface area (Å²) in [4.78, 5) is -0.582. The summed E-state index contributed by atoms with van der Waals surface area (Å²) in [6.07, 6.45) is 0.599. The first-order valence-corrected chi connectivity index (χ1v) is 7.15. The van der Waals surface area contributed by atoms with Gasteiger partial charge in [-0.25, -0.2) is 21.6 Å². The monoisotopic (exact) mass is 294 g/mol. The normalized spacial score (nSPS) is 20.9. The lowest BCUT2D eigenvalue weighted by Gasteiger charge is -2.16. The first-order valence-electron chi connectivity index (χ1n) is 5.71. The van der Waals surface area contributed by atoms with E-state index in [0.29, 0.717) is 25.1 Å². The van der Waals surface area contributed by atoms with Crippen molar-refractivity contribution in [1.29, 1.82) is 0 Å². The van der Waals surface area contributed by atoms with Crippen molar-refractivity contribution in [2.75, 3.05) is 19.6 Å². The van der Waals surface area contributed by atoms with Crippen LogP contribution < -0.4 is 5.73 Å². The molecule has 0 saturated carbocycles. The van der Waals surface area contributed by atoms with Crippen LogP contribution in [0.25, 0.3) is 0 Å². The number of sulfonamides is 1. The molecule has 106 valence electrons. The third-order valence-electron chi connectivity index (χ3n) is 3.18. The average molecular weight is 294 g/mol. The van der Waals surface area contributed by atoms with E-state index in [0.717, 1.165) is 4.31 Å². The zero-order valence-corrected chi connectivity index (χ0v) is 10.8. The van der Waals surface area contributed by atoms with Gasteiger partial charge < -0.3 is 5.73 Å². The third kappa shape index (κ3) is 2.60. The van der Waals surface area contributed by atoms with Crippen LogP contribution in [0.1, 0.15) is 6.42 Å². The van der Waals surface area contributed by atoms with Gasteiger partial charge in [-0.3, -0.25) is 0 Å². The van der Waals surface area contributed by atoms with Crippen molar-refractivity contribution in [3.63, 3.8) is 0 Å². The highest BCUT2D eigenvalue weighted by atomic mass is 32.2. The molecule has 1 aromatic carbocycles. The molecule has 2 N–H and O–H groups in total. The molecule has 1 fully saturated rings. The van der Waals surface area contributed by atoms with Crippen LogP contribution in [0, 0.1) is 23.4 Å². The Morgan fingerprint density at radius 1 is 1.26 bits per heavy atom. The summed E-state index contributed by atoms with van der Waals surface area (Å²) in [6.45, 7) is 0.794. The van der Waals surface area contributed by atoms with Crippen LogP contribution in [-0.4, -0.2) is 32.4 Å². The van der Waals surface area contributed by atoms with Crippen molar-refractivity contribution in [2.45, 2.75) is 11.3 Å². The standard InChI is InChI=1S/C11H13F3N2O2S/c12-9-3-8(4-10(13)11(9)14)19(17,18)16-2-1-7(5-15)6-16/h3-4,7H,1-2,5-6,15H2. The smallest absolute Gasteiger partial charge is 0.243 e. The molecule has 2 rings (SSSR count). The maximum atomic E-state index is 13.1. The molecule has 1 saturated heterocycles. The lowest BCUT2D eigenvalue weighted by molar-refractivity contribution is 0.435. The quantitative estimate of drug-likeness (QED) is 0.848. The molecule has 1 atom stereocenters. The Hall–Kier alpha value is -1.12. The molecule has 1 aliphatic rings. The van der Waals surface area contributed by atoms with Crippen LogP contribution in [-0.2, 0) is 10.0 Å². The van der Waals surface area contributed by atoms with Gasteiger partial charge in [0.1, 0.15) is 0 Å². The molecule has 8 heteroatoms. The molecule has 1 unspecified atom stereocenters. The summed E-state index contributed by atoms with van der Waals surface area (Å²) < 4.78 is 64.4. The number of hydrogen-bond donors (Lipinski definition) is 1. The molecule has 0 bridgehead atoms. The fourth-order valence-corrected chi connectivity index (χ4v) is 3.59. The largest absolute Gasteiger partial charge is 0.330 e. The topological polar surface area (TPSA) is 63.4 Å². The predicted molar refractivity (Wildman–Crippen MR) is 62.2 cm³/mol. The van der Waals surface area contributed by atoms with Gasteiger partial charge in [0.15, 0.2) is 17.5 Å².